The molecule has 8 rings (SSSR count). The number of aryl methyl sites for hydroxylation is 2. The number of likely N-dealkylation sites (tertiary alicyclic amines) is 2. The number of amides is 4. The van der Waals surface area contributed by atoms with Crippen LogP contribution in [0.5, 0.6) is 0 Å². The highest BCUT2D eigenvalue weighted by molar-refractivity contribution is 7.24. The van der Waals surface area contributed by atoms with Crippen LogP contribution in [0.25, 0.3) is 41.3 Å². The van der Waals surface area contributed by atoms with Crippen molar-refractivity contribution in [3.8, 4) is 21.1 Å². The number of aromatic amines is 2. The Kier molecular flexibility index (Phi) is 10.7. The number of ether oxygens (including phenoxy) is 3. The third-order valence-electron chi connectivity index (χ3n) is 11.4. The molecule has 0 bridgehead atoms. The van der Waals surface area contributed by atoms with Crippen LogP contribution in [0.3, 0.4) is 0 Å². The molecule has 1 unspecified atom stereocenters. The molecule has 7 heterocycles. The van der Waals surface area contributed by atoms with Crippen LogP contribution in [0.15, 0.2) is 24.5 Å². The number of thiophene rings is 2. The molecule has 15 nitrogen and oxygen atoms in total. The fourth-order valence-electron chi connectivity index (χ4n) is 8.45. The number of nitrogens with zero attached hydrogens (tertiary/aromatic N) is 4. The second-order valence-electron chi connectivity index (χ2n) is 14.7. The molecule has 4 amide bonds. The summed E-state index contributed by atoms with van der Waals surface area (Å²) in [6.45, 7) is 6.53. The van der Waals surface area contributed by atoms with Gasteiger partial charge in [-0.15, -0.1) is 22.7 Å². The van der Waals surface area contributed by atoms with Gasteiger partial charge in [0.1, 0.15) is 24.2 Å². The number of fused-ring (bicyclic) bond motifs is 2. The van der Waals surface area contributed by atoms with Crippen molar-refractivity contribution in [1.29, 1.82) is 0 Å². The van der Waals surface area contributed by atoms with Gasteiger partial charge in [0.15, 0.2) is 0 Å². The highest BCUT2D eigenvalue weighted by Gasteiger charge is 2.40. The van der Waals surface area contributed by atoms with E-state index in [9.17, 15) is 19.2 Å². The van der Waals surface area contributed by atoms with Crippen LogP contribution in [0.1, 0.15) is 73.4 Å². The normalized spacial score (nSPS) is 19.5. The van der Waals surface area contributed by atoms with Crippen molar-refractivity contribution in [2.75, 3.05) is 47.1 Å². The summed E-state index contributed by atoms with van der Waals surface area (Å²) < 4.78 is 17.4. The van der Waals surface area contributed by atoms with Crippen LogP contribution in [-0.4, -0.2) is 107 Å². The Morgan fingerprint density at radius 2 is 1.36 bits per heavy atom. The molecule has 3 aliphatic heterocycles. The zero-order valence-electron chi connectivity index (χ0n) is 31.9. The lowest BCUT2D eigenvalue weighted by molar-refractivity contribution is -0.136. The van der Waals surface area contributed by atoms with E-state index < -0.39 is 18.2 Å². The summed E-state index contributed by atoms with van der Waals surface area (Å²) in [5, 5.41) is 7.69. The molecular weight excluding hydrogens is 757 g/mol. The summed E-state index contributed by atoms with van der Waals surface area (Å²) in [7, 11) is 2.58. The van der Waals surface area contributed by atoms with Gasteiger partial charge in [-0.2, -0.15) is 0 Å². The Labute approximate surface area is 331 Å². The zero-order chi connectivity index (χ0) is 39.1. The van der Waals surface area contributed by atoms with Crippen LogP contribution in [-0.2, 0) is 23.8 Å². The number of nitrogens with one attached hydrogen (secondary N) is 4. The summed E-state index contributed by atoms with van der Waals surface area (Å²) >= 11 is 3.45. The largest absolute Gasteiger partial charge is 0.453 e. The Hall–Kier alpha value is -5.00. The molecule has 4 N–H and O–H groups in total. The maximum Gasteiger partial charge on any atom is 0.407 e. The van der Waals surface area contributed by atoms with Crippen LogP contribution in [0.4, 0.5) is 9.59 Å². The van der Waals surface area contributed by atoms with Gasteiger partial charge in [0.05, 0.1) is 59.8 Å². The number of benzene rings is 1. The van der Waals surface area contributed by atoms with Crippen molar-refractivity contribution in [2.24, 2.45) is 5.92 Å². The van der Waals surface area contributed by atoms with Gasteiger partial charge < -0.3 is 44.6 Å². The number of H-pyrrole nitrogens is 2. The van der Waals surface area contributed by atoms with Gasteiger partial charge in [-0.3, -0.25) is 9.59 Å². The Morgan fingerprint density at radius 3 is 1.91 bits per heavy atom. The number of carbonyl (C=O) groups excluding carboxylic acids is 4. The van der Waals surface area contributed by atoms with Crippen molar-refractivity contribution >= 4 is 66.8 Å². The molecule has 3 aliphatic rings. The highest BCUT2D eigenvalue weighted by atomic mass is 32.1. The molecule has 1 aromatic carbocycles. The fraction of sp³-hybridized carbons (Fsp3) is 0.487. The van der Waals surface area contributed by atoms with Gasteiger partial charge in [-0.1, -0.05) is 0 Å². The molecule has 3 atom stereocenters. The lowest BCUT2D eigenvalue weighted by Crippen LogP contribution is -2.53. The zero-order valence-corrected chi connectivity index (χ0v) is 33.5. The second-order valence-corrected chi connectivity index (χ2v) is 16.8. The first kappa shape index (κ1) is 37.9. The maximum absolute atomic E-state index is 14.0. The molecule has 3 saturated heterocycles. The van der Waals surface area contributed by atoms with E-state index in [1.165, 1.54) is 45.5 Å². The van der Waals surface area contributed by atoms with Gasteiger partial charge in [0, 0.05) is 35.7 Å². The smallest absolute Gasteiger partial charge is 0.407 e. The molecule has 3 fully saturated rings. The molecule has 0 spiro atoms. The number of carbonyl (C=O) groups is 4. The van der Waals surface area contributed by atoms with Crippen molar-refractivity contribution in [2.45, 2.75) is 70.5 Å². The minimum Gasteiger partial charge on any atom is -0.453 e. The van der Waals surface area contributed by atoms with E-state index in [0.29, 0.717) is 39.1 Å². The minimum absolute atomic E-state index is 0.0272. The minimum atomic E-state index is -0.684. The SMILES string of the molecule is COC(=O)NCC(=O)N1CCC[C@H]1c1ncc(-c2cc3c(C)c4sc(-c5cnc([C@@H]6CCCN6C(=O)C(NC(=O)OC)C6CCOCC6)[nH]5)cc4c(C)c3s2)[nH]1. The van der Waals surface area contributed by atoms with E-state index in [4.69, 9.17) is 19.4 Å². The van der Waals surface area contributed by atoms with Crippen LogP contribution < -0.4 is 10.6 Å². The van der Waals surface area contributed by atoms with Crippen LogP contribution >= 0.6 is 22.7 Å². The molecular formula is C39H46N8O7S2. The number of rotatable bonds is 9. The molecule has 4 aromatic heterocycles. The summed E-state index contributed by atoms with van der Waals surface area (Å²) in [5.41, 5.74) is 4.21. The quantitative estimate of drug-likeness (QED) is 0.132. The molecule has 0 aliphatic carbocycles. The van der Waals surface area contributed by atoms with Crippen molar-refractivity contribution in [1.82, 2.24) is 40.4 Å². The lowest BCUT2D eigenvalue weighted by Gasteiger charge is -2.34. The van der Waals surface area contributed by atoms with Crippen LogP contribution in [0.2, 0.25) is 0 Å². The summed E-state index contributed by atoms with van der Waals surface area (Å²) in [5.74, 6) is 1.17. The van der Waals surface area contributed by atoms with Gasteiger partial charge in [-0.25, -0.2) is 19.6 Å². The van der Waals surface area contributed by atoms with Gasteiger partial charge in [0.2, 0.25) is 11.8 Å². The van der Waals surface area contributed by atoms with E-state index in [1.54, 1.807) is 27.6 Å². The average Bonchev–Trinajstić information content (AvgIpc) is 4.07. The second kappa shape index (κ2) is 15.9. The fourth-order valence-corrected chi connectivity index (χ4v) is 10.8. The standard InChI is InChI=1S/C39H46N8O7S2/c1-20-23-15-29(25-17-40-35(43-25)27-7-5-11-46(27)31(48)19-42-38(50)52-3)55-33(23)21(2)24-16-30(56-34(20)24)26-18-41-36(44-26)28-8-6-12-47(28)37(49)32(45-39(51)53-4)22-9-13-54-14-10-22/h15-18,22,27-28,32H,5-14,19H2,1-4H3,(H,40,43)(H,41,44)(H,42,50)(H,45,51)/t27-,28-,32?/m0/s1. The number of alkyl carbamates (subject to hydrolysis) is 2. The summed E-state index contributed by atoms with van der Waals surface area (Å²) in [6.07, 6.45) is 7.13. The van der Waals surface area contributed by atoms with E-state index >= 15 is 0 Å². The molecule has 0 saturated carbocycles. The van der Waals surface area contributed by atoms with Crippen LogP contribution in [0, 0.1) is 19.8 Å². The number of hydrogen-bond acceptors (Lipinski definition) is 11. The van der Waals surface area contributed by atoms with E-state index in [2.05, 4.69) is 51.3 Å². The van der Waals surface area contributed by atoms with Gasteiger partial charge >= 0.3 is 12.2 Å². The first-order valence-electron chi connectivity index (χ1n) is 19.1. The highest BCUT2D eigenvalue weighted by Crippen LogP contribution is 2.45. The Balaban J connectivity index is 1.02. The summed E-state index contributed by atoms with van der Waals surface area (Å²) in [6, 6.07) is 3.36. The number of imidazole rings is 2. The van der Waals surface area contributed by atoms with Crippen molar-refractivity contribution in [3.05, 3.63) is 47.3 Å². The third kappa shape index (κ3) is 7.11. The molecule has 296 valence electrons. The predicted octanol–water partition coefficient (Wildman–Crippen LogP) is 6.35. The number of methoxy groups -OCH3 is 2. The Bertz CT molecular complexity index is 2230. The lowest BCUT2D eigenvalue weighted by atomic mass is 9.90. The van der Waals surface area contributed by atoms with Crippen molar-refractivity contribution in [3.63, 3.8) is 0 Å². The number of aromatic nitrogens is 4. The topological polar surface area (TPSA) is 184 Å². The Morgan fingerprint density at radius 1 is 0.821 bits per heavy atom. The van der Waals surface area contributed by atoms with Gasteiger partial charge in [0.25, 0.3) is 0 Å². The van der Waals surface area contributed by atoms with E-state index in [0.717, 1.165) is 58.5 Å². The third-order valence-corrected chi connectivity index (χ3v) is 14.0. The molecule has 56 heavy (non-hydrogen) atoms. The average molecular weight is 803 g/mol. The van der Waals surface area contributed by atoms with Gasteiger partial charge in [-0.05, 0) is 92.3 Å². The molecule has 5 aromatic rings. The first-order valence-corrected chi connectivity index (χ1v) is 20.7. The summed E-state index contributed by atoms with van der Waals surface area (Å²) in [4.78, 5) is 73.1. The van der Waals surface area contributed by atoms with Crippen molar-refractivity contribution < 1.29 is 33.4 Å². The number of hydrogen-bond donors (Lipinski definition) is 4. The molecule has 17 heteroatoms. The maximum atomic E-state index is 14.0. The predicted molar refractivity (Wildman–Crippen MR) is 213 cm³/mol. The van der Waals surface area contributed by atoms with E-state index in [-0.39, 0.29) is 36.4 Å². The molecule has 0 radical (unpaired) electrons. The monoisotopic (exact) mass is 802 g/mol. The van der Waals surface area contributed by atoms with E-state index in [1.807, 2.05) is 17.3 Å². The first-order chi connectivity index (χ1) is 27.1.